The maximum atomic E-state index is 12.7. The van der Waals surface area contributed by atoms with Gasteiger partial charge in [-0.3, -0.25) is 14.4 Å². The van der Waals surface area contributed by atoms with Crippen LogP contribution in [-0.2, 0) is 9.59 Å². The normalized spacial score (nSPS) is 17.2. The number of piperidine rings is 1. The topological polar surface area (TPSA) is 77.9 Å². The van der Waals surface area contributed by atoms with Crippen molar-refractivity contribution in [3.05, 3.63) is 34.9 Å². The van der Waals surface area contributed by atoms with Crippen molar-refractivity contribution in [3.63, 3.8) is 0 Å². The number of hydrogen-bond acceptors (Lipinski definition) is 3. The molecule has 2 rings (SSSR count). The molecule has 1 fully saturated rings. The molecule has 136 valence electrons. The molecule has 1 saturated heterocycles. The Kier molecular flexibility index (Phi) is 6.82. The van der Waals surface area contributed by atoms with Gasteiger partial charge in [0.15, 0.2) is 0 Å². The molecule has 0 radical (unpaired) electrons. The van der Waals surface area contributed by atoms with Crippen molar-refractivity contribution in [2.24, 2.45) is 5.92 Å². The van der Waals surface area contributed by atoms with Gasteiger partial charge in [0.1, 0.15) is 6.54 Å². The van der Waals surface area contributed by atoms with Crippen LogP contribution in [0.4, 0.5) is 0 Å². The zero-order chi connectivity index (χ0) is 18.4. The molecule has 1 aromatic carbocycles. The highest BCUT2D eigenvalue weighted by Gasteiger charge is 2.32. The predicted molar refractivity (Wildman–Crippen MR) is 94.6 cm³/mol. The van der Waals surface area contributed by atoms with E-state index in [0.29, 0.717) is 43.1 Å². The Bertz CT molecular complexity index is 632. The maximum absolute atomic E-state index is 12.7. The molecule has 0 aromatic heterocycles. The minimum absolute atomic E-state index is 0.130. The van der Waals surface area contributed by atoms with Crippen LogP contribution in [0.25, 0.3) is 0 Å². The number of likely N-dealkylation sites (tertiary alicyclic amines) is 1. The van der Waals surface area contributed by atoms with Gasteiger partial charge in [0.05, 0.1) is 5.92 Å². The quantitative estimate of drug-likeness (QED) is 0.839. The third-order valence-electron chi connectivity index (χ3n) is 4.28. The van der Waals surface area contributed by atoms with Crippen molar-refractivity contribution in [2.45, 2.75) is 26.2 Å². The molecule has 0 bridgehead atoms. The van der Waals surface area contributed by atoms with E-state index in [4.69, 9.17) is 16.7 Å². The number of amides is 2. The summed E-state index contributed by atoms with van der Waals surface area (Å²) in [7, 11) is 0. The smallest absolute Gasteiger partial charge is 0.323 e. The summed E-state index contributed by atoms with van der Waals surface area (Å²) in [5.74, 6) is -1.69. The van der Waals surface area contributed by atoms with E-state index in [9.17, 15) is 14.4 Å². The summed E-state index contributed by atoms with van der Waals surface area (Å²) < 4.78 is 0. The highest BCUT2D eigenvalue weighted by Crippen LogP contribution is 2.21. The lowest BCUT2D eigenvalue weighted by atomic mass is 9.95. The number of benzene rings is 1. The van der Waals surface area contributed by atoms with Gasteiger partial charge in [-0.15, -0.1) is 0 Å². The second-order valence-corrected chi connectivity index (χ2v) is 6.69. The van der Waals surface area contributed by atoms with E-state index in [-0.39, 0.29) is 24.3 Å². The summed E-state index contributed by atoms with van der Waals surface area (Å²) in [6, 6.07) is 6.67. The van der Waals surface area contributed by atoms with E-state index in [0.717, 1.165) is 6.42 Å². The molecule has 1 aliphatic heterocycles. The standard InChI is InChI=1S/C18H23ClN2O4/c1-2-9-20(12-16(22)23)18(25)14-4-3-10-21(11-14)17(24)13-5-7-15(19)8-6-13/h5-8,14H,2-4,9-12H2,1H3,(H,22,23). The molecule has 1 aromatic rings. The van der Waals surface area contributed by atoms with Gasteiger partial charge >= 0.3 is 5.97 Å². The first kappa shape index (κ1) is 19.2. The summed E-state index contributed by atoms with van der Waals surface area (Å²) in [6.45, 7) is 2.93. The molecule has 25 heavy (non-hydrogen) atoms. The molecule has 0 saturated carbocycles. The van der Waals surface area contributed by atoms with E-state index in [2.05, 4.69) is 0 Å². The van der Waals surface area contributed by atoms with Crippen LogP contribution in [0.3, 0.4) is 0 Å². The highest BCUT2D eigenvalue weighted by atomic mass is 35.5. The number of carboxylic acid groups (broad SMARTS) is 1. The number of rotatable bonds is 6. The predicted octanol–water partition coefficient (Wildman–Crippen LogP) is 2.52. The molecule has 7 heteroatoms. The van der Waals surface area contributed by atoms with Gasteiger partial charge in [-0.2, -0.15) is 0 Å². The summed E-state index contributed by atoms with van der Waals surface area (Å²) >= 11 is 5.85. The first-order chi connectivity index (χ1) is 11.9. The van der Waals surface area contributed by atoms with Crippen LogP contribution in [0.15, 0.2) is 24.3 Å². The summed E-state index contributed by atoms with van der Waals surface area (Å²) in [5, 5.41) is 9.56. The van der Waals surface area contributed by atoms with E-state index in [1.807, 2.05) is 6.92 Å². The highest BCUT2D eigenvalue weighted by molar-refractivity contribution is 6.30. The van der Waals surface area contributed by atoms with E-state index in [1.54, 1.807) is 29.2 Å². The summed E-state index contributed by atoms with van der Waals surface area (Å²) in [4.78, 5) is 39.3. The van der Waals surface area contributed by atoms with Crippen molar-refractivity contribution in [3.8, 4) is 0 Å². The average Bonchev–Trinajstić information content (AvgIpc) is 2.60. The van der Waals surface area contributed by atoms with Crippen molar-refractivity contribution >= 4 is 29.4 Å². The van der Waals surface area contributed by atoms with Crippen LogP contribution in [0, 0.1) is 5.92 Å². The number of aliphatic carboxylic acids is 1. The molecule has 1 atom stereocenters. The number of hydrogen-bond donors (Lipinski definition) is 1. The Balaban J connectivity index is 2.05. The second-order valence-electron chi connectivity index (χ2n) is 6.25. The zero-order valence-electron chi connectivity index (χ0n) is 14.3. The van der Waals surface area contributed by atoms with E-state index < -0.39 is 5.97 Å². The van der Waals surface area contributed by atoms with Crippen molar-refractivity contribution in [1.29, 1.82) is 0 Å². The average molecular weight is 367 g/mol. The van der Waals surface area contributed by atoms with Crippen molar-refractivity contribution < 1.29 is 19.5 Å². The van der Waals surface area contributed by atoms with Gasteiger partial charge in [0.25, 0.3) is 5.91 Å². The Hall–Kier alpha value is -2.08. The lowest BCUT2D eigenvalue weighted by molar-refractivity contribution is -0.147. The third kappa shape index (κ3) is 5.19. The van der Waals surface area contributed by atoms with Crippen LogP contribution in [0.5, 0.6) is 0 Å². The Morgan fingerprint density at radius 2 is 1.96 bits per heavy atom. The molecule has 0 aliphatic carbocycles. The van der Waals surface area contributed by atoms with Crippen LogP contribution in [0.1, 0.15) is 36.5 Å². The van der Waals surface area contributed by atoms with Gasteiger partial charge in [-0.1, -0.05) is 18.5 Å². The molecule has 2 amide bonds. The van der Waals surface area contributed by atoms with Crippen LogP contribution in [-0.4, -0.2) is 58.9 Å². The minimum atomic E-state index is -1.02. The van der Waals surface area contributed by atoms with Crippen LogP contribution >= 0.6 is 11.6 Å². The minimum Gasteiger partial charge on any atom is -0.480 e. The monoisotopic (exact) mass is 366 g/mol. The summed E-state index contributed by atoms with van der Waals surface area (Å²) in [6.07, 6.45) is 2.09. The van der Waals surface area contributed by atoms with Gasteiger partial charge in [0.2, 0.25) is 5.91 Å². The van der Waals surface area contributed by atoms with Gasteiger partial charge < -0.3 is 14.9 Å². The van der Waals surface area contributed by atoms with E-state index in [1.165, 1.54) is 4.90 Å². The molecule has 1 heterocycles. The molecule has 0 spiro atoms. The molecule has 6 nitrogen and oxygen atoms in total. The number of nitrogens with zero attached hydrogens (tertiary/aromatic N) is 2. The van der Waals surface area contributed by atoms with Crippen molar-refractivity contribution in [1.82, 2.24) is 9.80 Å². The molecule has 1 N–H and O–H groups in total. The van der Waals surface area contributed by atoms with Crippen LogP contribution < -0.4 is 0 Å². The Labute approximate surface area is 152 Å². The van der Waals surface area contributed by atoms with Gasteiger partial charge in [0, 0.05) is 30.2 Å². The Morgan fingerprint density at radius 3 is 2.56 bits per heavy atom. The molecule has 1 unspecified atom stereocenters. The number of halogens is 1. The lowest BCUT2D eigenvalue weighted by Crippen LogP contribution is -2.48. The molecular formula is C18H23ClN2O4. The van der Waals surface area contributed by atoms with E-state index >= 15 is 0 Å². The second kappa shape index (κ2) is 8.85. The number of carboxylic acids is 1. The van der Waals surface area contributed by atoms with Crippen LogP contribution in [0.2, 0.25) is 5.02 Å². The Morgan fingerprint density at radius 1 is 1.28 bits per heavy atom. The molecule has 1 aliphatic rings. The third-order valence-corrected chi connectivity index (χ3v) is 4.53. The van der Waals surface area contributed by atoms with Gasteiger partial charge in [-0.25, -0.2) is 0 Å². The largest absolute Gasteiger partial charge is 0.480 e. The maximum Gasteiger partial charge on any atom is 0.323 e. The fraction of sp³-hybridized carbons (Fsp3) is 0.500. The van der Waals surface area contributed by atoms with Crippen molar-refractivity contribution in [2.75, 3.05) is 26.2 Å². The SMILES string of the molecule is CCCN(CC(=O)O)C(=O)C1CCCN(C(=O)c2ccc(Cl)cc2)C1. The first-order valence-electron chi connectivity index (χ1n) is 8.47. The zero-order valence-corrected chi connectivity index (χ0v) is 15.0. The van der Waals surface area contributed by atoms with Gasteiger partial charge in [-0.05, 0) is 43.5 Å². The first-order valence-corrected chi connectivity index (χ1v) is 8.85. The molecular weight excluding hydrogens is 344 g/mol. The fourth-order valence-corrected chi connectivity index (χ4v) is 3.22. The number of carbonyl (C=O) groups is 3. The lowest BCUT2D eigenvalue weighted by Gasteiger charge is -2.34. The fourth-order valence-electron chi connectivity index (χ4n) is 3.10. The summed E-state index contributed by atoms with van der Waals surface area (Å²) in [5.41, 5.74) is 0.536. The number of carbonyl (C=O) groups excluding carboxylic acids is 2.